The summed E-state index contributed by atoms with van der Waals surface area (Å²) >= 11 is 0. The van der Waals surface area contributed by atoms with Crippen molar-refractivity contribution in [3.63, 3.8) is 0 Å². The fourth-order valence-electron chi connectivity index (χ4n) is 2.88. The Balaban J connectivity index is 1.92. The summed E-state index contributed by atoms with van der Waals surface area (Å²) in [5.41, 5.74) is 12.7. The first kappa shape index (κ1) is 12.2. The van der Waals surface area contributed by atoms with Gasteiger partial charge >= 0.3 is 0 Å². The Morgan fingerprint density at radius 1 is 1.05 bits per heavy atom. The highest BCUT2D eigenvalue weighted by atomic mass is 15.1. The zero-order valence-electron chi connectivity index (χ0n) is 11.4. The highest BCUT2D eigenvalue weighted by Crippen LogP contribution is 2.31. The van der Waals surface area contributed by atoms with Crippen LogP contribution in [0.25, 0.3) is 0 Å². The quantitative estimate of drug-likeness (QED) is 0.910. The highest BCUT2D eigenvalue weighted by Gasteiger charge is 2.20. The summed E-state index contributed by atoms with van der Waals surface area (Å²) in [4.78, 5) is 2.45. The smallest absolute Gasteiger partial charge is 0.0436 e. The van der Waals surface area contributed by atoms with Crippen LogP contribution in [0.15, 0.2) is 42.5 Å². The van der Waals surface area contributed by atoms with E-state index in [0.717, 1.165) is 19.5 Å². The number of hydrogen-bond donors (Lipinski definition) is 1. The third kappa shape index (κ3) is 2.36. The van der Waals surface area contributed by atoms with Crippen LogP contribution in [0.1, 0.15) is 22.3 Å². The lowest BCUT2D eigenvalue weighted by Crippen LogP contribution is -2.17. The SMILES string of the molecule is Cc1ccc(N2Cc3ccccc3C2)c(CCN)c1. The molecule has 0 spiro atoms. The molecule has 0 radical (unpaired) electrons. The minimum atomic E-state index is 0.706. The number of rotatable bonds is 3. The van der Waals surface area contributed by atoms with E-state index in [1.807, 2.05) is 0 Å². The molecule has 2 N–H and O–H groups in total. The minimum absolute atomic E-state index is 0.706. The van der Waals surface area contributed by atoms with Crippen molar-refractivity contribution < 1.29 is 0 Å². The van der Waals surface area contributed by atoms with Crippen LogP contribution in [0.2, 0.25) is 0 Å². The van der Waals surface area contributed by atoms with Gasteiger partial charge in [-0.3, -0.25) is 0 Å². The van der Waals surface area contributed by atoms with Crippen LogP contribution in [0.5, 0.6) is 0 Å². The van der Waals surface area contributed by atoms with Crippen molar-refractivity contribution in [2.45, 2.75) is 26.4 Å². The van der Waals surface area contributed by atoms with Gasteiger partial charge in [0, 0.05) is 18.8 Å². The Kier molecular flexibility index (Phi) is 3.26. The molecule has 1 aliphatic heterocycles. The van der Waals surface area contributed by atoms with Crippen LogP contribution in [0, 0.1) is 6.92 Å². The zero-order chi connectivity index (χ0) is 13.2. The number of nitrogens with zero attached hydrogens (tertiary/aromatic N) is 1. The van der Waals surface area contributed by atoms with Crippen LogP contribution in [0.4, 0.5) is 5.69 Å². The molecule has 0 amide bonds. The van der Waals surface area contributed by atoms with E-state index in [2.05, 4.69) is 54.3 Å². The normalized spacial score (nSPS) is 13.7. The van der Waals surface area contributed by atoms with Crippen LogP contribution >= 0.6 is 0 Å². The van der Waals surface area contributed by atoms with E-state index < -0.39 is 0 Å². The average molecular weight is 252 g/mol. The van der Waals surface area contributed by atoms with Gasteiger partial charge in [-0.25, -0.2) is 0 Å². The molecule has 1 aliphatic rings. The van der Waals surface area contributed by atoms with Crippen molar-refractivity contribution in [2.75, 3.05) is 11.4 Å². The monoisotopic (exact) mass is 252 g/mol. The van der Waals surface area contributed by atoms with Gasteiger partial charge < -0.3 is 10.6 Å². The van der Waals surface area contributed by atoms with Gasteiger partial charge in [0.2, 0.25) is 0 Å². The maximum atomic E-state index is 5.74. The molecule has 0 fully saturated rings. The van der Waals surface area contributed by atoms with E-state index >= 15 is 0 Å². The summed E-state index contributed by atoms with van der Waals surface area (Å²) in [5, 5.41) is 0. The molecule has 0 unspecified atom stereocenters. The Hall–Kier alpha value is -1.80. The molecule has 98 valence electrons. The highest BCUT2D eigenvalue weighted by molar-refractivity contribution is 5.58. The van der Waals surface area contributed by atoms with Gasteiger partial charge in [-0.05, 0) is 42.6 Å². The second-order valence-corrected chi connectivity index (χ2v) is 5.30. The fourth-order valence-corrected chi connectivity index (χ4v) is 2.88. The molecular weight excluding hydrogens is 232 g/mol. The van der Waals surface area contributed by atoms with Gasteiger partial charge in [-0.1, -0.05) is 42.0 Å². The number of benzene rings is 2. The first-order valence-corrected chi connectivity index (χ1v) is 6.89. The van der Waals surface area contributed by atoms with E-state index in [1.54, 1.807) is 0 Å². The van der Waals surface area contributed by atoms with E-state index in [0.29, 0.717) is 6.54 Å². The van der Waals surface area contributed by atoms with E-state index in [9.17, 15) is 0 Å². The fraction of sp³-hybridized carbons (Fsp3) is 0.294. The molecule has 0 atom stereocenters. The molecule has 2 aromatic rings. The molecule has 3 rings (SSSR count). The number of nitrogens with two attached hydrogens (primary N) is 1. The third-order valence-electron chi connectivity index (χ3n) is 3.83. The lowest BCUT2D eigenvalue weighted by atomic mass is 10.1. The van der Waals surface area contributed by atoms with Crippen molar-refractivity contribution in [1.29, 1.82) is 0 Å². The molecule has 0 saturated heterocycles. The molecule has 19 heavy (non-hydrogen) atoms. The largest absolute Gasteiger partial charge is 0.363 e. The van der Waals surface area contributed by atoms with Crippen LogP contribution < -0.4 is 10.6 Å². The lowest BCUT2D eigenvalue weighted by molar-refractivity contribution is 0.857. The van der Waals surface area contributed by atoms with E-state index in [1.165, 1.54) is 27.9 Å². The number of fused-ring (bicyclic) bond motifs is 1. The summed E-state index contributed by atoms with van der Waals surface area (Å²) in [5.74, 6) is 0. The topological polar surface area (TPSA) is 29.3 Å². The Bertz CT molecular complexity index is 565. The summed E-state index contributed by atoms with van der Waals surface area (Å²) in [7, 11) is 0. The van der Waals surface area contributed by atoms with E-state index in [4.69, 9.17) is 5.73 Å². The standard InChI is InChI=1S/C17H20N2/c1-13-6-7-17(14(10-13)8-9-18)19-11-15-4-2-3-5-16(15)12-19/h2-7,10H,8-9,11-12,18H2,1H3. The van der Waals surface area contributed by atoms with Crippen molar-refractivity contribution in [3.8, 4) is 0 Å². The summed E-state index contributed by atoms with van der Waals surface area (Å²) in [6.07, 6.45) is 0.948. The number of anilines is 1. The van der Waals surface area contributed by atoms with Crippen molar-refractivity contribution in [3.05, 3.63) is 64.7 Å². The van der Waals surface area contributed by atoms with Crippen molar-refractivity contribution >= 4 is 5.69 Å². The molecule has 0 aliphatic carbocycles. The van der Waals surface area contributed by atoms with Crippen molar-refractivity contribution in [2.24, 2.45) is 5.73 Å². The summed E-state index contributed by atoms with van der Waals surface area (Å²) < 4.78 is 0. The first-order valence-electron chi connectivity index (χ1n) is 6.89. The molecule has 2 aromatic carbocycles. The Morgan fingerprint density at radius 3 is 2.37 bits per heavy atom. The second-order valence-electron chi connectivity index (χ2n) is 5.30. The van der Waals surface area contributed by atoms with Gasteiger partial charge in [0.25, 0.3) is 0 Å². The van der Waals surface area contributed by atoms with Gasteiger partial charge in [0.05, 0.1) is 0 Å². The van der Waals surface area contributed by atoms with Gasteiger partial charge in [0.1, 0.15) is 0 Å². The van der Waals surface area contributed by atoms with Gasteiger partial charge in [0.15, 0.2) is 0 Å². The van der Waals surface area contributed by atoms with Gasteiger partial charge in [-0.2, -0.15) is 0 Å². The Labute approximate surface area is 114 Å². The maximum Gasteiger partial charge on any atom is 0.0436 e. The molecule has 1 heterocycles. The zero-order valence-corrected chi connectivity index (χ0v) is 11.4. The summed E-state index contributed by atoms with van der Waals surface area (Å²) in [6, 6.07) is 15.4. The number of hydrogen-bond acceptors (Lipinski definition) is 2. The van der Waals surface area contributed by atoms with Gasteiger partial charge in [-0.15, -0.1) is 0 Å². The third-order valence-corrected chi connectivity index (χ3v) is 3.83. The molecule has 0 bridgehead atoms. The molecular formula is C17H20N2. The average Bonchev–Trinajstić information content (AvgIpc) is 2.82. The van der Waals surface area contributed by atoms with Crippen LogP contribution in [-0.4, -0.2) is 6.54 Å². The first-order chi connectivity index (χ1) is 9.28. The maximum absolute atomic E-state index is 5.74. The van der Waals surface area contributed by atoms with Crippen LogP contribution in [0.3, 0.4) is 0 Å². The predicted octanol–water partition coefficient (Wildman–Crippen LogP) is 3.02. The molecule has 2 nitrogen and oxygen atoms in total. The number of aryl methyl sites for hydroxylation is 1. The van der Waals surface area contributed by atoms with Crippen LogP contribution in [-0.2, 0) is 19.5 Å². The Morgan fingerprint density at radius 2 is 1.74 bits per heavy atom. The molecule has 0 aromatic heterocycles. The van der Waals surface area contributed by atoms with E-state index in [-0.39, 0.29) is 0 Å². The predicted molar refractivity (Wildman–Crippen MR) is 80.3 cm³/mol. The lowest BCUT2D eigenvalue weighted by Gasteiger charge is -2.22. The molecule has 0 saturated carbocycles. The molecule has 2 heteroatoms. The summed E-state index contributed by atoms with van der Waals surface area (Å²) in [6.45, 7) is 4.87. The van der Waals surface area contributed by atoms with Crippen molar-refractivity contribution in [1.82, 2.24) is 0 Å². The minimum Gasteiger partial charge on any atom is -0.363 e. The second kappa shape index (κ2) is 5.06.